The minimum Gasteiger partial charge on any atom is -0.0845 e. The molecule has 1 rings (SSSR count). The van der Waals surface area contributed by atoms with Crippen LogP contribution in [0.4, 0.5) is 0 Å². The first-order valence-electron chi connectivity index (χ1n) is 3.32. The molecule has 0 unspecified atom stereocenters. The second-order valence-electron chi connectivity index (χ2n) is 2.14. The van der Waals surface area contributed by atoms with Crippen LogP contribution in [0.3, 0.4) is 0 Å². The predicted molar refractivity (Wildman–Crippen MR) is 36.7 cm³/mol. The number of hydrogen-bond acceptors (Lipinski definition) is 0. The van der Waals surface area contributed by atoms with Crippen molar-refractivity contribution in [3.05, 3.63) is 24.3 Å². The summed E-state index contributed by atoms with van der Waals surface area (Å²) in [6, 6.07) is 0. The van der Waals surface area contributed by atoms with Gasteiger partial charge in [0.2, 0.25) is 0 Å². The van der Waals surface area contributed by atoms with Gasteiger partial charge in [-0.25, -0.2) is 0 Å². The minimum absolute atomic E-state index is 0. The van der Waals surface area contributed by atoms with Crippen molar-refractivity contribution in [2.24, 2.45) is 0 Å². The summed E-state index contributed by atoms with van der Waals surface area (Å²) < 4.78 is 0. The number of allylic oxidation sites excluding steroid dienone is 4. The Morgan fingerprint density at radius 2 is 1.22 bits per heavy atom. The maximum absolute atomic E-state index is 2.23. The fraction of sp³-hybridized carbons (Fsp3) is 0.500. The Kier molecular flexibility index (Phi) is 6.10. The van der Waals surface area contributed by atoms with E-state index in [1.807, 2.05) is 0 Å². The van der Waals surface area contributed by atoms with E-state index in [4.69, 9.17) is 0 Å². The van der Waals surface area contributed by atoms with Crippen molar-refractivity contribution in [3.8, 4) is 0 Å². The molecule has 0 aromatic carbocycles. The zero-order valence-corrected chi connectivity index (χ0v) is 6.51. The van der Waals surface area contributed by atoms with Gasteiger partial charge < -0.3 is 0 Å². The number of rotatable bonds is 0. The van der Waals surface area contributed by atoms with E-state index in [1.54, 1.807) is 0 Å². The van der Waals surface area contributed by atoms with Gasteiger partial charge in [0.05, 0.1) is 0 Å². The van der Waals surface area contributed by atoms with Crippen LogP contribution in [0, 0.1) is 0 Å². The quantitative estimate of drug-likeness (QED) is 0.520. The van der Waals surface area contributed by atoms with Crippen molar-refractivity contribution in [1.82, 2.24) is 0 Å². The molecule has 0 saturated carbocycles. The van der Waals surface area contributed by atoms with Gasteiger partial charge in [0.1, 0.15) is 0 Å². The van der Waals surface area contributed by atoms with Crippen LogP contribution < -0.4 is 0 Å². The van der Waals surface area contributed by atoms with Crippen molar-refractivity contribution in [3.63, 3.8) is 0 Å². The topological polar surface area (TPSA) is 0 Å². The minimum atomic E-state index is 0. The maximum Gasteiger partial charge on any atom is 0 e. The molecule has 0 amide bonds. The van der Waals surface area contributed by atoms with Crippen LogP contribution in [0.2, 0.25) is 0 Å². The zero-order chi connectivity index (χ0) is 5.66. The third-order valence-corrected chi connectivity index (χ3v) is 1.37. The van der Waals surface area contributed by atoms with E-state index in [-0.39, 0.29) is 16.8 Å². The molecule has 0 fully saturated rings. The van der Waals surface area contributed by atoms with Gasteiger partial charge in [-0.2, -0.15) is 0 Å². The van der Waals surface area contributed by atoms with Gasteiger partial charge >= 0.3 is 0 Å². The summed E-state index contributed by atoms with van der Waals surface area (Å²) in [5.41, 5.74) is 0. The molecule has 0 heterocycles. The Morgan fingerprint density at radius 1 is 0.778 bits per heavy atom. The maximum atomic E-state index is 2.23. The van der Waals surface area contributed by atoms with Gasteiger partial charge in [-0.1, -0.05) is 24.3 Å². The first-order valence-corrected chi connectivity index (χ1v) is 3.32. The van der Waals surface area contributed by atoms with Gasteiger partial charge in [0, 0.05) is 16.8 Å². The monoisotopic (exact) mass is 167 g/mol. The molecule has 0 nitrogen and oxygen atoms in total. The van der Waals surface area contributed by atoms with Crippen LogP contribution in [-0.2, 0) is 16.8 Å². The van der Waals surface area contributed by atoms with E-state index in [2.05, 4.69) is 24.3 Å². The van der Waals surface area contributed by atoms with Crippen LogP contribution >= 0.6 is 0 Å². The molecule has 0 saturated heterocycles. The van der Waals surface area contributed by atoms with Crippen LogP contribution in [0.25, 0.3) is 0 Å². The fourth-order valence-electron chi connectivity index (χ4n) is 0.874. The summed E-state index contributed by atoms with van der Waals surface area (Å²) in [5, 5.41) is 0. The molecule has 0 bridgehead atoms. The average molecular weight is 167 g/mol. The van der Waals surface area contributed by atoms with E-state index in [1.165, 1.54) is 25.7 Å². The van der Waals surface area contributed by atoms with Crippen molar-refractivity contribution in [2.75, 3.05) is 0 Å². The molecule has 0 aromatic heterocycles. The molecule has 1 aliphatic carbocycles. The summed E-state index contributed by atoms with van der Waals surface area (Å²) >= 11 is 0. The van der Waals surface area contributed by atoms with Crippen LogP contribution in [0.1, 0.15) is 25.7 Å². The van der Waals surface area contributed by atoms with E-state index >= 15 is 0 Å². The molecule has 53 valence electrons. The summed E-state index contributed by atoms with van der Waals surface area (Å²) in [6.45, 7) is 0. The molecule has 1 heteroatoms. The SMILES string of the molecule is C1=C\CCCC\C=C/1.[Co]. The van der Waals surface area contributed by atoms with Gasteiger partial charge in [-0.3, -0.25) is 0 Å². The van der Waals surface area contributed by atoms with Gasteiger partial charge in [0.25, 0.3) is 0 Å². The number of hydrogen-bond donors (Lipinski definition) is 0. The Hall–Kier alpha value is -0.0135. The Balaban J connectivity index is 0.000000640. The molecular formula is C8H12Co. The second kappa shape index (κ2) is 6.11. The second-order valence-corrected chi connectivity index (χ2v) is 2.14. The molecule has 1 radical (unpaired) electrons. The summed E-state index contributed by atoms with van der Waals surface area (Å²) in [5.74, 6) is 0. The molecule has 0 spiro atoms. The summed E-state index contributed by atoms with van der Waals surface area (Å²) in [6.07, 6.45) is 14.0. The van der Waals surface area contributed by atoms with Crippen LogP contribution in [-0.4, -0.2) is 0 Å². The van der Waals surface area contributed by atoms with Crippen molar-refractivity contribution in [2.45, 2.75) is 25.7 Å². The van der Waals surface area contributed by atoms with Crippen molar-refractivity contribution in [1.29, 1.82) is 0 Å². The third kappa shape index (κ3) is 4.49. The first-order chi connectivity index (χ1) is 4.00. The average Bonchev–Trinajstić information content (AvgIpc) is 1.62. The molecule has 0 aromatic rings. The van der Waals surface area contributed by atoms with Crippen LogP contribution in [0.15, 0.2) is 24.3 Å². The Bertz CT molecular complexity index is 89.1. The van der Waals surface area contributed by atoms with Gasteiger partial charge in [-0.05, 0) is 25.7 Å². The zero-order valence-electron chi connectivity index (χ0n) is 5.47. The largest absolute Gasteiger partial charge is 0.0845 e. The molecular weight excluding hydrogens is 155 g/mol. The van der Waals surface area contributed by atoms with E-state index in [9.17, 15) is 0 Å². The van der Waals surface area contributed by atoms with E-state index in [0.29, 0.717) is 0 Å². The molecule has 9 heavy (non-hydrogen) atoms. The van der Waals surface area contributed by atoms with E-state index < -0.39 is 0 Å². The van der Waals surface area contributed by atoms with E-state index in [0.717, 1.165) is 0 Å². The molecule has 1 aliphatic rings. The van der Waals surface area contributed by atoms with Crippen LogP contribution in [0.5, 0.6) is 0 Å². The smallest absolute Gasteiger partial charge is 0 e. The molecule has 0 N–H and O–H groups in total. The Labute approximate surface area is 67.2 Å². The summed E-state index contributed by atoms with van der Waals surface area (Å²) in [4.78, 5) is 0. The standard InChI is InChI=1S/C8H12.Co/c1-2-4-6-8-7-5-3-1;/h1-4H,5-8H2;/b3-1-,4-2-;. The predicted octanol–water partition coefficient (Wildman–Crippen LogP) is 2.67. The fourth-order valence-corrected chi connectivity index (χ4v) is 0.874. The van der Waals surface area contributed by atoms with Crippen molar-refractivity contribution >= 4 is 0 Å². The summed E-state index contributed by atoms with van der Waals surface area (Å²) in [7, 11) is 0. The molecule has 0 aliphatic heterocycles. The third-order valence-electron chi connectivity index (χ3n) is 1.37. The Morgan fingerprint density at radius 3 is 1.67 bits per heavy atom. The molecule has 0 atom stereocenters. The normalized spacial score (nSPS) is 24.9. The van der Waals surface area contributed by atoms with Gasteiger partial charge in [-0.15, -0.1) is 0 Å². The first kappa shape index (κ1) is 8.99. The van der Waals surface area contributed by atoms with Gasteiger partial charge in [0.15, 0.2) is 0 Å². The van der Waals surface area contributed by atoms with Crippen molar-refractivity contribution < 1.29 is 16.8 Å².